The fraction of sp³-hybridized carbons (Fsp3) is 0. The molecule has 0 saturated carbocycles. The molecule has 3 aromatic heterocycles. The third-order valence-corrected chi connectivity index (χ3v) is 12.7. The first kappa shape index (κ1) is 30.5. The summed E-state index contributed by atoms with van der Waals surface area (Å²) in [6.45, 7) is 0. The van der Waals surface area contributed by atoms with E-state index < -0.39 is 0 Å². The molecule has 0 aliphatic rings. The van der Waals surface area contributed by atoms with Crippen LogP contribution in [0, 0.1) is 0 Å². The molecule has 256 valence electrons. The van der Waals surface area contributed by atoms with Gasteiger partial charge in [-0.15, -0.1) is 11.3 Å². The third kappa shape index (κ3) is 4.60. The van der Waals surface area contributed by atoms with Gasteiger partial charge in [-0.2, -0.15) is 0 Å². The van der Waals surface area contributed by atoms with E-state index in [-0.39, 0.29) is 0 Å². The molecule has 0 aliphatic carbocycles. The molecule has 0 unspecified atom stereocenters. The fourth-order valence-electron chi connectivity index (χ4n) is 8.93. The second-order valence-corrected chi connectivity index (χ2v) is 15.6. The number of hydrogen-bond donors (Lipinski definition) is 0. The Bertz CT molecular complexity index is 3490. The number of thiophene rings is 1. The number of fused-ring (bicyclic) bond motifs is 11. The van der Waals surface area contributed by atoms with E-state index in [1.165, 1.54) is 102 Å². The third-order valence-electron chi connectivity index (χ3n) is 11.5. The van der Waals surface area contributed by atoms with Crippen molar-refractivity contribution in [1.29, 1.82) is 0 Å². The van der Waals surface area contributed by atoms with Crippen LogP contribution in [-0.2, 0) is 0 Å². The van der Waals surface area contributed by atoms with Crippen molar-refractivity contribution in [3.8, 4) is 33.6 Å². The van der Waals surface area contributed by atoms with E-state index in [1.807, 2.05) is 11.3 Å². The summed E-state index contributed by atoms with van der Waals surface area (Å²) in [6.07, 6.45) is 0. The highest BCUT2D eigenvalue weighted by Crippen LogP contribution is 2.44. The maximum Gasteiger partial charge on any atom is 0.0719 e. The first-order valence-corrected chi connectivity index (χ1v) is 19.7. The van der Waals surface area contributed by atoms with Crippen LogP contribution in [0.15, 0.2) is 194 Å². The Morgan fingerprint density at radius 1 is 0.309 bits per heavy atom. The van der Waals surface area contributed by atoms with Gasteiger partial charge in [-0.3, -0.25) is 0 Å². The van der Waals surface area contributed by atoms with Gasteiger partial charge in [0, 0.05) is 48.4 Å². The van der Waals surface area contributed by atoms with Gasteiger partial charge in [0.05, 0.1) is 26.8 Å². The van der Waals surface area contributed by atoms with Crippen LogP contribution in [0.25, 0.3) is 108 Å². The molecule has 55 heavy (non-hydrogen) atoms. The van der Waals surface area contributed by atoms with Gasteiger partial charge in [-0.25, -0.2) is 0 Å². The highest BCUT2D eigenvalue weighted by molar-refractivity contribution is 7.26. The second-order valence-electron chi connectivity index (χ2n) is 14.5. The lowest BCUT2D eigenvalue weighted by Gasteiger charge is -2.11. The molecule has 0 N–H and O–H groups in total. The topological polar surface area (TPSA) is 9.86 Å². The summed E-state index contributed by atoms with van der Waals surface area (Å²) >= 11 is 1.90. The number of benzene rings is 9. The van der Waals surface area contributed by atoms with Crippen molar-refractivity contribution in [3.05, 3.63) is 194 Å². The summed E-state index contributed by atoms with van der Waals surface area (Å²) in [7, 11) is 0. The molecule has 0 saturated heterocycles. The molecular formula is C52H32N2S. The highest BCUT2D eigenvalue weighted by Gasteiger charge is 2.20. The zero-order valence-corrected chi connectivity index (χ0v) is 30.6. The predicted octanol–water partition coefficient (Wildman–Crippen LogP) is 14.7. The van der Waals surface area contributed by atoms with Gasteiger partial charge < -0.3 is 9.13 Å². The Balaban J connectivity index is 1.08. The highest BCUT2D eigenvalue weighted by atomic mass is 32.1. The molecular weight excluding hydrogens is 685 g/mol. The van der Waals surface area contributed by atoms with Crippen molar-refractivity contribution >= 4 is 85.9 Å². The van der Waals surface area contributed by atoms with Crippen LogP contribution in [0.3, 0.4) is 0 Å². The lowest BCUT2D eigenvalue weighted by Crippen LogP contribution is -1.94. The van der Waals surface area contributed by atoms with Crippen molar-refractivity contribution in [2.45, 2.75) is 0 Å². The monoisotopic (exact) mass is 716 g/mol. The molecule has 0 fully saturated rings. The Morgan fingerprint density at radius 3 is 1.78 bits per heavy atom. The van der Waals surface area contributed by atoms with Crippen LogP contribution in [0.2, 0.25) is 0 Å². The summed E-state index contributed by atoms with van der Waals surface area (Å²) < 4.78 is 7.56. The average molecular weight is 717 g/mol. The molecule has 3 heterocycles. The normalized spacial score (nSPS) is 12.0. The minimum absolute atomic E-state index is 1.16. The van der Waals surface area contributed by atoms with Crippen molar-refractivity contribution in [3.63, 3.8) is 0 Å². The van der Waals surface area contributed by atoms with Crippen molar-refractivity contribution < 1.29 is 0 Å². The van der Waals surface area contributed by atoms with Gasteiger partial charge >= 0.3 is 0 Å². The second kappa shape index (κ2) is 11.8. The largest absolute Gasteiger partial charge is 0.309 e. The van der Waals surface area contributed by atoms with Crippen molar-refractivity contribution in [2.75, 3.05) is 0 Å². The molecule has 0 aliphatic heterocycles. The quantitative estimate of drug-likeness (QED) is 0.172. The standard InChI is InChI=1S/C52H32N2S/c1-2-11-33(12-3-1)36-15-10-16-39(29-36)53-47-19-8-6-17-41(47)45-31-37(22-27-48(45)53)38-23-28-49-46(32-38)43-25-26-44-42-18-7-9-20-50(42)55-52(44)51(43)54(49)40-24-21-34-13-4-5-14-35(34)30-40/h1-32H. The van der Waals surface area contributed by atoms with Crippen LogP contribution >= 0.6 is 11.3 Å². The zero-order valence-electron chi connectivity index (χ0n) is 29.8. The van der Waals surface area contributed by atoms with E-state index in [9.17, 15) is 0 Å². The van der Waals surface area contributed by atoms with Gasteiger partial charge in [0.15, 0.2) is 0 Å². The molecule has 9 aromatic carbocycles. The van der Waals surface area contributed by atoms with Crippen LogP contribution in [-0.4, -0.2) is 9.13 Å². The Morgan fingerprint density at radius 2 is 0.927 bits per heavy atom. The summed E-state index contributed by atoms with van der Waals surface area (Å²) in [5, 5.41) is 10.2. The molecule has 0 amide bonds. The first-order valence-electron chi connectivity index (χ1n) is 18.8. The first-order chi connectivity index (χ1) is 27.3. The summed E-state index contributed by atoms with van der Waals surface area (Å²) in [5.41, 5.74) is 12.1. The van der Waals surface area contributed by atoms with Gasteiger partial charge in [0.2, 0.25) is 0 Å². The molecule has 2 nitrogen and oxygen atoms in total. The van der Waals surface area contributed by atoms with E-state index in [0.717, 1.165) is 5.69 Å². The number of rotatable bonds is 4. The molecule has 0 radical (unpaired) electrons. The molecule has 0 atom stereocenters. The van der Waals surface area contributed by atoms with Crippen LogP contribution in [0.4, 0.5) is 0 Å². The van der Waals surface area contributed by atoms with E-state index in [2.05, 4.69) is 203 Å². The van der Waals surface area contributed by atoms with Crippen LogP contribution in [0.1, 0.15) is 0 Å². The molecule has 3 heteroatoms. The summed E-state index contributed by atoms with van der Waals surface area (Å²) in [5.74, 6) is 0. The number of para-hydroxylation sites is 1. The summed E-state index contributed by atoms with van der Waals surface area (Å²) in [6, 6.07) is 71.4. The maximum absolute atomic E-state index is 2.50. The Labute approximate surface area is 321 Å². The molecule has 0 bridgehead atoms. The molecule has 0 spiro atoms. The van der Waals surface area contributed by atoms with Gasteiger partial charge in [-0.05, 0) is 93.7 Å². The SMILES string of the molecule is c1ccc(-c2cccc(-n3c4ccccc4c4cc(-c5ccc6c(c5)c5ccc7c8ccccc8sc7c5n6-c5ccc6ccccc6c5)ccc43)c2)cc1. The minimum atomic E-state index is 1.16. The van der Waals surface area contributed by atoms with Crippen LogP contribution in [0.5, 0.6) is 0 Å². The van der Waals surface area contributed by atoms with Crippen molar-refractivity contribution in [1.82, 2.24) is 9.13 Å². The van der Waals surface area contributed by atoms with Gasteiger partial charge in [0.25, 0.3) is 0 Å². The Hall–Kier alpha value is -6.94. The molecule has 12 rings (SSSR count). The fourth-order valence-corrected chi connectivity index (χ4v) is 10.2. The van der Waals surface area contributed by atoms with Crippen molar-refractivity contribution in [2.24, 2.45) is 0 Å². The van der Waals surface area contributed by atoms with Gasteiger partial charge in [-0.1, -0.05) is 133 Å². The lowest BCUT2D eigenvalue weighted by molar-refractivity contribution is 1.18. The van der Waals surface area contributed by atoms with Crippen LogP contribution < -0.4 is 0 Å². The number of hydrogen-bond acceptors (Lipinski definition) is 1. The average Bonchev–Trinajstić information content (AvgIpc) is 3.91. The number of nitrogens with zero attached hydrogens (tertiary/aromatic N) is 2. The predicted molar refractivity (Wildman–Crippen MR) is 236 cm³/mol. The molecule has 12 aromatic rings. The smallest absolute Gasteiger partial charge is 0.0719 e. The Kier molecular flexibility index (Phi) is 6.54. The zero-order chi connectivity index (χ0) is 36.0. The van der Waals surface area contributed by atoms with E-state index in [1.54, 1.807) is 0 Å². The maximum atomic E-state index is 2.50. The van der Waals surface area contributed by atoms with Gasteiger partial charge in [0.1, 0.15) is 0 Å². The lowest BCUT2D eigenvalue weighted by atomic mass is 10.0. The van der Waals surface area contributed by atoms with E-state index >= 15 is 0 Å². The van der Waals surface area contributed by atoms with E-state index in [0.29, 0.717) is 0 Å². The number of aromatic nitrogens is 2. The summed E-state index contributed by atoms with van der Waals surface area (Å²) in [4.78, 5) is 0. The van der Waals surface area contributed by atoms with E-state index in [4.69, 9.17) is 0 Å². The minimum Gasteiger partial charge on any atom is -0.309 e.